The second-order valence-corrected chi connectivity index (χ2v) is 8.12. The van der Waals surface area contributed by atoms with Crippen molar-refractivity contribution in [2.45, 2.75) is 38.6 Å². The second kappa shape index (κ2) is 10.4. The number of nitrogens with zero attached hydrogens (tertiary/aromatic N) is 3. The van der Waals surface area contributed by atoms with E-state index in [-0.39, 0.29) is 17.4 Å². The lowest BCUT2D eigenvalue weighted by molar-refractivity contribution is -0.113. The number of nitrogens with one attached hydrogen (secondary N) is 1. The van der Waals surface area contributed by atoms with Crippen LogP contribution in [0.3, 0.4) is 0 Å². The fourth-order valence-electron chi connectivity index (χ4n) is 3.14. The number of aromatic nitrogens is 3. The zero-order valence-corrected chi connectivity index (χ0v) is 18.9. The molecule has 32 heavy (non-hydrogen) atoms. The third-order valence-corrected chi connectivity index (χ3v) is 5.66. The zero-order chi connectivity index (χ0) is 23.3. The maximum absolute atomic E-state index is 14.0. The first-order valence-corrected chi connectivity index (χ1v) is 10.9. The highest BCUT2D eigenvalue weighted by Crippen LogP contribution is 2.27. The first kappa shape index (κ1) is 23.5. The molecule has 0 aliphatic heterocycles. The molecule has 1 N–H and O–H groups in total. The summed E-state index contributed by atoms with van der Waals surface area (Å²) in [6.45, 7) is 9.69. The number of thioether (sulfide) groups is 1. The summed E-state index contributed by atoms with van der Waals surface area (Å²) >= 11 is 1.23. The molecule has 1 heterocycles. The highest BCUT2D eigenvalue weighted by molar-refractivity contribution is 7.99. The monoisotopic (exact) mass is 458 g/mol. The summed E-state index contributed by atoms with van der Waals surface area (Å²) in [4.78, 5) is 12.5. The third-order valence-electron chi connectivity index (χ3n) is 4.70. The Morgan fingerprint density at radius 1 is 1.25 bits per heavy atom. The number of rotatable bonds is 9. The molecule has 3 aromatic rings. The molecule has 6 nitrogen and oxygen atoms in total. The van der Waals surface area contributed by atoms with Crippen LogP contribution in [0.1, 0.15) is 30.0 Å². The van der Waals surface area contributed by atoms with Crippen LogP contribution >= 0.6 is 11.8 Å². The van der Waals surface area contributed by atoms with E-state index >= 15 is 0 Å². The van der Waals surface area contributed by atoms with Crippen molar-refractivity contribution >= 4 is 23.4 Å². The summed E-state index contributed by atoms with van der Waals surface area (Å²) in [6.07, 6.45) is 0.999. The minimum Gasteiger partial charge on any atom is -0.480 e. The van der Waals surface area contributed by atoms with Gasteiger partial charge >= 0.3 is 0 Å². The zero-order valence-electron chi connectivity index (χ0n) is 18.1. The molecule has 1 aromatic heterocycles. The van der Waals surface area contributed by atoms with Crippen molar-refractivity contribution in [3.63, 3.8) is 0 Å². The molecule has 1 unspecified atom stereocenters. The smallest absolute Gasteiger partial charge is 0.234 e. The van der Waals surface area contributed by atoms with Crippen LogP contribution in [0, 0.1) is 25.5 Å². The van der Waals surface area contributed by atoms with E-state index in [2.05, 4.69) is 22.1 Å². The van der Waals surface area contributed by atoms with Crippen molar-refractivity contribution in [2.75, 3.05) is 11.1 Å². The fourth-order valence-corrected chi connectivity index (χ4v) is 3.89. The van der Waals surface area contributed by atoms with Gasteiger partial charge in [-0.2, -0.15) is 0 Å². The number of allylic oxidation sites excluding steroid dienone is 1. The molecule has 0 spiro atoms. The van der Waals surface area contributed by atoms with Gasteiger partial charge in [0, 0.05) is 18.3 Å². The lowest BCUT2D eigenvalue weighted by Crippen LogP contribution is -2.17. The number of amides is 1. The Morgan fingerprint density at radius 2 is 1.97 bits per heavy atom. The second-order valence-electron chi connectivity index (χ2n) is 7.18. The Kier molecular flexibility index (Phi) is 7.63. The van der Waals surface area contributed by atoms with Gasteiger partial charge in [0.25, 0.3) is 0 Å². The molecule has 0 aliphatic rings. The van der Waals surface area contributed by atoms with Gasteiger partial charge in [-0.3, -0.25) is 9.36 Å². The Bertz CT molecular complexity index is 1110. The molecule has 9 heteroatoms. The van der Waals surface area contributed by atoms with Crippen molar-refractivity contribution in [1.29, 1.82) is 0 Å². The number of benzene rings is 2. The number of carbonyl (C=O) groups is 1. The Labute approximate surface area is 189 Å². The van der Waals surface area contributed by atoms with E-state index in [9.17, 15) is 13.6 Å². The molecule has 168 valence electrons. The minimum absolute atomic E-state index is 0.0887. The van der Waals surface area contributed by atoms with Crippen molar-refractivity contribution in [3.8, 4) is 5.75 Å². The summed E-state index contributed by atoms with van der Waals surface area (Å²) in [6, 6.07) is 8.92. The number of halogens is 2. The number of anilines is 1. The molecule has 3 rings (SSSR count). The summed E-state index contributed by atoms with van der Waals surface area (Å²) in [5.74, 6) is -1.18. The predicted octanol–water partition coefficient (Wildman–Crippen LogP) is 5.23. The van der Waals surface area contributed by atoms with Crippen molar-refractivity contribution in [1.82, 2.24) is 14.8 Å². The van der Waals surface area contributed by atoms with Crippen molar-refractivity contribution in [3.05, 3.63) is 77.6 Å². The van der Waals surface area contributed by atoms with Crippen LogP contribution in [0.4, 0.5) is 14.5 Å². The van der Waals surface area contributed by atoms with Crippen molar-refractivity contribution < 1.29 is 18.3 Å². The van der Waals surface area contributed by atoms with E-state index in [1.54, 1.807) is 17.6 Å². The normalized spacial score (nSPS) is 11.8. The van der Waals surface area contributed by atoms with Crippen LogP contribution in [0.2, 0.25) is 0 Å². The van der Waals surface area contributed by atoms with Gasteiger partial charge in [-0.05, 0) is 44.0 Å². The van der Waals surface area contributed by atoms with Crippen LogP contribution in [0.15, 0.2) is 54.2 Å². The summed E-state index contributed by atoms with van der Waals surface area (Å²) in [5, 5.41) is 11.8. The Hall–Kier alpha value is -3.20. The third kappa shape index (κ3) is 5.53. The van der Waals surface area contributed by atoms with E-state index in [0.717, 1.165) is 28.9 Å². The van der Waals surface area contributed by atoms with Crippen LogP contribution in [-0.2, 0) is 11.3 Å². The van der Waals surface area contributed by atoms with Gasteiger partial charge in [0.1, 0.15) is 5.82 Å². The van der Waals surface area contributed by atoms with Gasteiger partial charge in [0.05, 0.1) is 5.75 Å². The van der Waals surface area contributed by atoms with Gasteiger partial charge in [0.15, 0.2) is 28.7 Å². The molecule has 1 atom stereocenters. The van der Waals surface area contributed by atoms with Crippen LogP contribution < -0.4 is 10.1 Å². The molecule has 0 aliphatic carbocycles. The van der Waals surface area contributed by atoms with E-state index in [4.69, 9.17) is 4.74 Å². The number of hydrogen-bond acceptors (Lipinski definition) is 5. The minimum atomic E-state index is -0.801. The Morgan fingerprint density at radius 3 is 2.62 bits per heavy atom. The van der Waals surface area contributed by atoms with E-state index < -0.39 is 17.7 Å². The largest absolute Gasteiger partial charge is 0.480 e. The maximum Gasteiger partial charge on any atom is 0.234 e. The highest BCUT2D eigenvalue weighted by Gasteiger charge is 2.21. The number of hydrogen-bond donors (Lipinski definition) is 1. The Balaban J connectivity index is 1.71. The molecular weight excluding hydrogens is 434 g/mol. The van der Waals surface area contributed by atoms with Gasteiger partial charge in [0.2, 0.25) is 5.91 Å². The van der Waals surface area contributed by atoms with Gasteiger partial charge in [-0.25, -0.2) is 8.78 Å². The fraction of sp³-hybridized carbons (Fsp3) is 0.261. The van der Waals surface area contributed by atoms with Crippen LogP contribution in [0.5, 0.6) is 5.75 Å². The molecule has 1 amide bonds. The molecule has 0 bridgehead atoms. The van der Waals surface area contributed by atoms with Crippen molar-refractivity contribution in [2.24, 2.45) is 0 Å². The molecule has 2 aromatic carbocycles. The van der Waals surface area contributed by atoms with Gasteiger partial charge in [-0.15, -0.1) is 16.8 Å². The maximum atomic E-state index is 14.0. The SMILES string of the molecule is C=CCn1c(SCC(=O)Nc2c(C)cccc2C)nnc1C(C)Oc1ccc(F)cc1F. The lowest BCUT2D eigenvalue weighted by atomic mass is 10.1. The van der Waals surface area contributed by atoms with Gasteiger partial charge < -0.3 is 10.1 Å². The summed E-state index contributed by atoms with van der Waals surface area (Å²) in [7, 11) is 0. The van der Waals surface area contributed by atoms with Crippen LogP contribution in [-0.4, -0.2) is 26.4 Å². The number of para-hydroxylation sites is 1. The summed E-state index contributed by atoms with van der Waals surface area (Å²) in [5.41, 5.74) is 2.77. The van der Waals surface area contributed by atoms with E-state index in [0.29, 0.717) is 17.5 Å². The standard InChI is InChI=1S/C23H24F2N4O2S/c1-5-11-29-22(16(4)31-19-10-9-17(24)12-18(19)25)27-28-23(29)32-13-20(30)26-21-14(2)7-6-8-15(21)3/h5-10,12,16H,1,11,13H2,2-4H3,(H,26,30). The number of aryl methyl sites for hydroxylation is 2. The molecule has 0 saturated heterocycles. The van der Waals surface area contributed by atoms with Crippen LogP contribution in [0.25, 0.3) is 0 Å². The highest BCUT2D eigenvalue weighted by atomic mass is 32.2. The molecular formula is C23H24F2N4O2S. The molecule has 0 saturated carbocycles. The predicted molar refractivity (Wildman–Crippen MR) is 121 cm³/mol. The molecule has 0 radical (unpaired) electrons. The average Bonchev–Trinajstić information content (AvgIpc) is 3.14. The topological polar surface area (TPSA) is 69.0 Å². The molecule has 0 fully saturated rings. The lowest BCUT2D eigenvalue weighted by Gasteiger charge is -2.16. The van der Waals surface area contributed by atoms with Gasteiger partial charge in [-0.1, -0.05) is 36.0 Å². The van der Waals surface area contributed by atoms with E-state index in [1.165, 1.54) is 17.8 Å². The average molecular weight is 459 g/mol. The number of ether oxygens (including phenoxy) is 1. The summed E-state index contributed by atoms with van der Waals surface area (Å²) < 4.78 is 34.5. The number of carbonyl (C=O) groups excluding carboxylic acids is 1. The quantitative estimate of drug-likeness (QED) is 0.351. The first-order chi connectivity index (χ1) is 15.3. The van der Waals surface area contributed by atoms with E-state index in [1.807, 2.05) is 32.0 Å². The first-order valence-electron chi connectivity index (χ1n) is 9.94.